The molecular formula is C19H24ClN5O2. The third kappa shape index (κ3) is 8.06. The maximum atomic E-state index is 11.2. The van der Waals surface area contributed by atoms with Gasteiger partial charge in [-0.3, -0.25) is 15.3 Å². The average Bonchev–Trinajstić information content (AvgIpc) is 2.65. The van der Waals surface area contributed by atoms with Gasteiger partial charge < -0.3 is 15.8 Å². The number of aliphatic imine (C=N–C) groups is 1. The largest absolute Gasteiger partial charge is 0.354 e. The third-order valence-corrected chi connectivity index (χ3v) is 3.94. The second-order valence-corrected chi connectivity index (χ2v) is 6.25. The fourth-order valence-electron chi connectivity index (χ4n) is 2.31. The first kappa shape index (κ1) is 20.7. The summed E-state index contributed by atoms with van der Waals surface area (Å²) in [6, 6.07) is 12.7. The number of carbonyl (C=O) groups is 1. The average molecular weight is 390 g/mol. The van der Waals surface area contributed by atoms with Crippen LogP contribution in [-0.2, 0) is 17.8 Å². The topological polar surface area (TPSA) is 102 Å². The molecular weight excluding hydrogens is 366 g/mol. The highest BCUT2D eigenvalue weighted by Crippen LogP contribution is 2.13. The van der Waals surface area contributed by atoms with Gasteiger partial charge in [-0.2, -0.15) is 0 Å². The molecule has 1 unspecified atom stereocenters. The molecule has 0 aliphatic carbocycles. The van der Waals surface area contributed by atoms with E-state index in [0.717, 1.165) is 17.7 Å². The van der Waals surface area contributed by atoms with E-state index in [2.05, 4.69) is 20.6 Å². The number of amides is 2. The van der Waals surface area contributed by atoms with Crippen LogP contribution in [0, 0.1) is 0 Å². The SMILES string of the molecule is CC(NC(=NCCCc1ncccc1Cl)NC(N)=O)OCc1ccccc1. The molecule has 4 N–H and O–H groups in total. The highest BCUT2D eigenvalue weighted by atomic mass is 35.5. The molecule has 0 saturated heterocycles. The molecule has 0 bridgehead atoms. The molecule has 27 heavy (non-hydrogen) atoms. The van der Waals surface area contributed by atoms with Gasteiger partial charge in [0.1, 0.15) is 6.23 Å². The zero-order valence-corrected chi connectivity index (χ0v) is 15.9. The molecule has 1 aromatic heterocycles. The van der Waals surface area contributed by atoms with Crippen molar-refractivity contribution in [3.63, 3.8) is 0 Å². The van der Waals surface area contributed by atoms with Gasteiger partial charge in [-0.25, -0.2) is 4.79 Å². The fraction of sp³-hybridized carbons (Fsp3) is 0.316. The normalized spacial score (nSPS) is 12.4. The Balaban J connectivity index is 1.82. The van der Waals surface area contributed by atoms with Gasteiger partial charge in [0.2, 0.25) is 5.96 Å². The Kier molecular flexibility index (Phi) is 8.54. The second-order valence-electron chi connectivity index (χ2n) is 5.84. The number of ether oxygens (including phenoxy) is 1. The van der Waals surface area contributed by atoms with Crippen LogP contribution in [0.3, 0.4) is 0 Å². The van der Waals surface area contributed by atoms with Gasteiger partial charge in [0.05, 0.1) is 17.3 Å². The zero-order chi connectivity index (χ0) is 19.5. The van der Waals surface area contributed by atoms with Crippen molar-refractivity contribution in [1.29, 1.82) is 0 Å². The summed E-state index contributed by atoms with van der Waals surface area (Å²) >= 11 is 6.09. The Morgan fingerprint density at radius 1 is 1.30 bits per heavy atom. The molecule has 0 aliphatic rings. The number of aryl methyl sites for hydroxylation is 1. The number of nitrogens with two attached hydrogens (primary N) is 1. The molecule has 1 aromatic carbocycles. The molecule has 8 heteroatoms. The number of aromatic nitrogens is 1. The summed E-state index contributed by atoms with van der Waals surface area (Å²) in [6.45, 7) is 2.74. The summed E-state index contributed by atoms with van der Waals surface area (Å²) < 4.78 is 5.72. The molecule has 7 nitrogen and oxygen atoms in total. The number of halogens is 1. The number of pyridine rings is 1. The molecule has 0 spiro atoms. The van der Waals surface area contributed by atoms with Gasteiger partial charge in [0, 0.05) is 12.7 Å². The van der Waals surface area contributed by atoms with E-state index >= 15 is 0 Å². The van der Waals surface area contributed by atoms with Crippen LogP contribution < -0.4 is 16.4 Å². The first-order valence-corrected chi connectivity index (χ1v) is 9.04. The molecule has 1 atom stereocenters. The number of rotatable bonds is 8. The van der Waals surface area contributed by atoms with Gasteiger partial charge in [-0.1, -0.05) is 41.9 Å². The lowest BCUT2D eigenvalue weighted by Gasteiger charge is -2.17. The summed E-state index contributed by atoms with van der Waals surface area (Å²) in [5, 5.41) is 6.11. The minimum atomic E-state index is -0.690. The Bertz CT molecular complexity index is 755. The number of nitrogens with zero attached hydrogens (tertiary/aromatic N) is 2. The van der Waals surface area contributed by atoms with E-state index in [1.54, 1.807) is 18.3 Å². The van der Waals surface area contributed by atoms with Crippen LogP contribution in [0.4, 0.5) is 4.79 Å². The van der Waals surface area contributed by atoms with Crippen LogP contribution in [0.25, 0.3) is 0 Å². The number of hydrogen-bond acceptors (Lipinski definition) is 4. The minimum absolute atomic E-state index is 0.273. The minimum Gasteiger partial charge on any atom is -0.354 e. The highest BCUT2D eigenvalue weighted by molar-refractivity contribution is 6.31. The van der Waals surface area contributed by atoms with Crippen molar-refractivity contribution in [3.05, 3.63) is 64.9 Å². The number of guanidine groups is 1. The summed E-state index contributed by atoms with van der Waals surface area (Å²) in [5.41, 5.74) is 7.09. The summed E-state index contributed by atoms with van der Waals surface area (Å²) in [6.07, 6.45) is 2.76. The predicted octanol–water partition coefficient (Wildman–Crippen LogP) is 2.84. The van der Waals surface area contributed by atoms with Crippen molar-refractivity contribution in [2.45, 2.75) is 32.6 Å². The first-order chi connectivity index (χ1) is 13.0. The van der Waals surface area contributed by atoms with Crippen LogP contribution >= 0.6 is 11.6 Å². The first-order valence-electron chi connectivity index (χ1n) is 8.67. The molecule has 0 fully saturated rings. The van der Waals surface area contributed by atoms with Gasteiger partial charge in [-0.05, 0) is 37.5 Å². The standard InChI is InChI=1S/C19H24ClN5O2/c1-14(27-13-15-7-3-2-4-8-15)24-19(25-18(21)26)23-12-6-10-17-16(20)9-5-11-22-17/h2-5,7-9,11,14H,6,10,12-13H2,1H3,(H4,21,23,24,25,26). The molecule has 0 saturated carbocycles. The number of hydrogen-bond donors (Lipinski definition) is 3. The van der Waals surface area contributed by atoms with E-state index in [1.165, 1.54) is 0 Å². The van der Waals surface area contributed by atoms with Gasteiger partial charge in [0.15, 0.2) is 0 Å². The fourth-order valence-corrected chi connectivity index (χ4v) is 2.52. The lowest BCUT2D eigenvalue weighted by molar-refractivity contribution is 0.0430. The molecule has 2 amide bonds. The predicted molar refractivity (Wildman–Crippen MR) is 106 cm³/mol. The van der Waals surface area contributed by atoms with Crippen molar-refractivity contribution in [3.8, 4) is 0 Å². The van der Waals surface area contributed by atoms with Crippen molar-refractivity contribution < 1.29 is 9.53 Å². The molecule has 144 valence electrons. The number of benzene rings is 1. The maximum absolute atomic E-state index is 11.2. The van der Waals surface area contributed by atoms with Crippen molar-refractivity contribution in [2.24, 2.45) is 10.7 Å². The van der Waals surface area contributed by atoms with E-state index in [0.29, 0.717) is 24.6 Å². The number of primary amides is 1. The Hall–Kier alpha value is -2.64. The Labute approximate surface area is 164 Å². The van der Waals surface area contributed by atoms with Crippen LogP contribution in [0.2, 0.25) is 5.02 Å². The lowest BCUT2D eigenvalue weighted by atomic mass is 10.2. The van der Waals surface area contributed by atoms with E-state index in [-0.39, 0.29) is 12.2 Å². The second kappa shape index (κ2) is 11.2. The van der Waals surface area contributed by atoms with Crippen molar-refractivity contribution >= 4 is 23.6 Å². The van der Waals surface area contributed by atoms with E-state index < -0.39 is 6.03 Å². The van der Waals surface area contributed by atoms with E-state index in [1.807, 2.05) is 37.3 Å². The van der Waals surface area contributed by atoms with E-state index in [9.17, 15) is 4.79 Å². The van der Waals surface area contributed by atoms with Crippen LogP contribution in [0.5, 0.6) is 0 Å². The van der Waals surface area contributed by atoms with Crippen LogP contribution in [0.15, 0.2) is 53.7 Å². The molecule has 2 aromatic rings. The third-order valence-electron chi connectivity index (χ3n) is 3.60. The number of urea groups is 1. The van der Waals surface area contributed by atoms with Gasteiger partial charge >= 0.3 is 6.03 Å². The van der Waals surface area contributed by atoms with Gasteiger partial charge in [0.25, 0.3) is 0 Å². The molecule has 0 radical (unpaired) electrons. The number of nitrogens with one attached hydrogen (secondary N) is 2. The summed E-state index contributed by atoms with van der Waals surface area (Å²) in [4.78, 5) is 19.8. The molecule has 2 rings (SSSR count). The van der Waals surface area contributed by atoms with Crippen molar-refractivity contribution in [1.82, 2.24) is 15.6 Å². The van der Waals surface area contributed by atoms with Crippen LogP contribution in [0.1, 0.15) is 24.6 Å². The Morgan fingerprint density at radius 2 is 2.07 bits per heavy atom. The highest BCUT2D eigenvalue weighted by Gasteiger charge is 2.08. The quantitative estimate of drug-likeness (QED) is 0.279. The van der Waals surface area contributed by atoms with Crippen LogP contribution in [-0.4, -0.2) is 29.7 Å². The molecule has 1 heterocycles. The van der Waals surface area contributed by atoms with Crippen molar-refractivity contribution in [2.75, 3.05) is 6.54 Å². The van der Waals surface area contributed by atoms with E-state index in [4.69, 9.17) is 22.1 Å². The number of carbonyl (C=O) groups excluding carboxylic acids is 1. The lowest BCUT2D eigenvalue weighted by Crippen LogP contribution is -2.47. The monoisotopic (exact) mass is 389 g/mol. The Morgan fingerprint density at radius 3 is 2.78 bits per heavy atom. The summed E-state index contributed by atoms with van der Waals surface area (Å²) in [7, 11) is 0. The maximum Gasteiger partial charge on any atom is 0.318 e. The molecule has 0 aliphatic heterocycles. The summed E-state index contributed by atoms with van der Waals surface area (Å²) in [5.74, 6) is 0.273. The zero-order valence-electron chi connectivity index (χ0n) is 15.2. The van der Waals surface area contributed by atoms with Gasteiger partial charge in [-0.15, -0.1) is 0 Å². The smallest absolute Gasteiger partial charge is 0.318 e.